The van der Waals surface area contributed by atoms with Gasteiger partial charge in [0.1, 0.15) is 0 Å². The smallest absolute Gasteiger partial charge is 0.312 e. The normalized spacial score (nSPS) is 12.9. The first kappa shape index (κ1) is 19.7. The van der Waals surface area contributed by atoms with Crippen molar-refractivity contribution in [2.24, 2.45) is 0 Å². The van der Waals surface area contributed by atoms with Crippen molar-refractivity contribution in [2.45, 2.75) is 32.3 Å². The second kappa shape index (κ2) is 9.20. The van der Waals surface area contributed by atoms with Crippen molar-refractivity contribution in [3.8, 4) is 5.75 Å². The van der Waals surface area contributed by atoms with E-state index in [1.165, 1.54) is 18.2 Å². The number of nitro benzene ring substituents is 1. The molecule has 6 nitrogen and oxygen atoms in total. The van der Waals surface area contributed by atoms with E-state index in [2.05, 4.69) is 12.2 Å². The number of amides is 1. The SMILES string of the molecule is CC[C@H](CNC(=O)[C@@H](C)Oc1ccc(Cl)cc1[N+](=O)[O-])c1ccccc1. The molecule has 1 amide bonds. The van der Waals surface area contributed by atoms with E-state index >= 15 is 0 Å². The molecule has 2 atom stereocenters. The molecule has 0 unspecified atom stereocenters. The summed E-state index contributed by atoms with van der Waals surface area (Å²) in [6.07, 6.45) is 0.00509. The molecular weight excluding hydrogens is 356 g/mol. The molecule has 2 rings (SSSR count). The summed E-state index contributed by atoms with van der Waals surface area (Å²) in [7, 11) is 0. The van der Waals surface area contributed by atoms with Gasteiger partial charge in [-0.1, -0.05) is 48.9 Å². The van der Waals surface area contributed by atoms with Gasteiger partial charge in [0.05, 0.1) is 4.92 Å². The van der Waals surface area contributed by atoms with Crippen LogP contribution in [-0.4, -0.2) is 23.5 Å². The molecule has 0 spiro atoms. The predicted octanol–water partition coefficient (Wildman–Crippen LogP) is 4.33. The number of nitro groups is 1. The average molecular weight is 377 g/mol. The molecular formula is C19H21ClN2O4. The van der Waals surface area contributed by atoms with Gasteiger partial charge < -0.3 is 10.1 Å². The minimum Gasteiger partial charge on any atom is -0.474 e. The van der Waals surface area contributed by atoms with Gasteiger partial charge in [-0.2, -0.15) is 0 Å². The zero-order chi connectivity index (χ0) is 19.1. The zero-order valence-corrected chi connectivity index (χ0v) is 15.4. The highest BCUT2D eigenvalue weighted by atomic mass is 35.5. The van der Waals surface area contributed by atoms with Crippen molar-refractivity contribution in [2.75, 3.05) is 6.54 Å². The lowest BCUT2D eigenvalue weighted by Gasteiger charge is -2.19. The molecule has 0 aliphatic rings. The molecule has 138 valence electrons. The van der Waals surface area contributed by atoms with Crippen molar-refractivity contribution in [3.05, 3.63) is 69.2 Å². The summed E-state index contributed by atoms with van der Waals surface area (Å²) in [5, 5.41) is 14.2. The number of nitrogens with one attached hydrogen (secondary N) is 1. The molecule has 0 aliphatic carbocycles. The Morgan fingerprint density at radius 2 is 1.96 bits per heavy atom. The second-order valence-corrected chi connectivity index (χ2v) is 6.33. The van der Waals surface area contributed by atoms with E-state index in [1.54, 1.807) is 6.92 Å². The van der Waals surface area contributed by atoms with Gasteiger partial charge in [0.2, 0.25) is 0 Å². The highest BCUT2D eigenvalue weighted by molar-refractivity contribution is 6.30. The van der Waals surface area contributed by atoms with Gasteiger partial charge >= 0.3 is 5.69 Å². The fourth-order valence-electron chi connectivity index (χ4n) is 2.57. The van der Waals surface area contributed by atoms with Gasteiger partial charge in [0.25, 0.3) is 5.91 Å². The van der Waals surface area contributed by atoms with Crippen LogP contribution < -0.4 is 10.1 Å². The number of carbonyl (C=O) groups excluding carboxylic acids is 1. The number of benzene rings is 2. The third kappa shape index (κ3) is 5.20. The van der Waals surface area contributed by atoms with Gasteiger partial charge in [0.15, 0.2) is 11.9 Å². The van der Waals surface area contributed by atoms with Gasteiger partial charge in [-0.05, 0) is 31.0 Å². The maximum absolute atomic E-state index is 12.3. The minimum absolute atomic E-state index is 0.0113. The van der Waals surface area contributed by atoms with Crippen LogP contribution in [0, 0.1) is 10.1 Å². The van der Waals surface area contributed by atoms with E-state index in [0.717, 1.165) is 12.0 Å². The number of rotatable bonds is 8. The molecule has 7 heteroatoms. The molecule has 26 heavy (non-hydrogen) atoms. The molecule has 0 aromatic heterocycles. The van der Waals surface area contributed by atoms with Gasteiger partial charge in [-0.25, -0.2) is 0 Å². The van der Waals surface area contributed by atoms with Crippen LogP contribution in [0.3, 0.4) is 0 Å². The Kier molecular flexibility index (Phi) is 6.97. The minimum atomic E-state index is -0.872. The lowest BCUT2D eigenvalue weighted by molar-refractivity contribution is -0.386. The summed E-state index contributed by atoms with van der Waals surface area (Å²) in [6, 6.07) is 14.0. The van der Waals surface area contributed by atoms with Crippen LogP contribution in [0.4, 0.5) is 5.69 Å². The van der Waals surface area contributed by atoms with Crippen molar-refractivity contribution in [1.82, 2.24) is 5.32 Å². The van der Waals surface area contributed by atoms with Gasteiger partial charge in [-0.3, -0.25) is 14.9 Å². The molecule has 0 saturated carbocycles. The van der Waals surface area contributed by atoms with Crippen LogP contribution in [-0.2, 0) is 4.79 Å². The molecule has 2 aromatic rings. The molecule has 2 aromatic carbocycles. The van der Waals surface area contributed by atoms with Crippen molar-refractivity contribution in [1.29, 1.82) is 0 Å². The average Bonchev–Trinajstić information content (AvgIpc) is 2.64. The number of hydrogen-bond acceptors (Lipinski definition) is 4. The molecule has 1 N–H and O–H groups in total. The summed E-state index contributed by atoms with van der Waals surface area (Å²) in [4.78, 5) is 22.8. The van der Waals surface area contributed by atoms with E-state index in [4.69, 9.17) is 16.3 Å². The molecule has 0 saturated heterocycles. The summed E-state index contributed by atoms with van der Waals surface area (Å²) in [6.45, 7) is 4.08. The Balaban J connectivity index is 1.99. The summed E-state index contributed by atoms with van der Waals surface area (Å²) in [5.74, 6) is -0.127. The fraction of sp³-hybridized carbons (Fsp3) is 0.316. The van der Waals surface area contributed by atoms with Crippen molar-refractivity contribution >= 4 is 23.2 Å². The number of hydrogen-bond donors (Lipinski definition) is 1. The van der Waals surface area contributed by atoms with E-state index in [-0.39, 0.29) is 28.3 Å². The highest BCUT2D eigenvalue weighted by Gasteiger charge is 2.22. The Morgan fingerprint density at radius 1 is 1.27 bits per heavy atom. The summed E-state index contributed by atoms with van der Waals surface area (Å²) in [5.41, 5.74) is 0.880. The first-order valence-electron chi connectivity index (χ1n) is 8.35. The topological polar surface area (TPSA) is 81.5 Å². The van der Waals surface area contributed by atoms with E-state index in [0.29, 0.717) is 6.54 Å². The fourth-order valence-corrected chi connectivity index (χ4v) is 2.73. The third-order valence-corrected chi connectivity index (χ3v) is 4.31. The Bertz CT molecular complexity index is 767. The first-order chi connectivity index (χ1) is 12.4. The van der Waals surface area contributed by atoms with E-state index in [1.807, 2.05) is 30.3 Å². The van der Waals surface area contributed by atoms with Crippen LogP contribution in [0.2, 0.25) is 5.02 Å². The second-order valence-electron chi connectivity index (χ2n) is 5.89. The monoisotopic (exact) mass is 376 g/mol. The van der Waals surface area contributed by atoms with Gasteiger partial charge in [0, 0.05) is 23.6 Å². The van der Waals surface area contributed by atoms with Crippen LogP contribution >= 0.6 is 11.6 Å². The van der Waals surface area contributed by atoms with Crippen LogP contribution in [0.25, 0.3) is 0 Å². The number of halogens is 1. The quantitative estimate of drug-likeness (QED) is 0.549. The summed E-state index contributed by atoms with van der Waals surface area (Å²) >= 11 is 5.78. The lowest BCUT2D eigenvalue weighted by Crippen LogP contribution is -2.38. The Labute approximate surface area is 157 Å². The molecule has 0 bridgehead atoms. The lowest BCUT2D eigenvalue weighted by atomic mass is 9.96. The van der Waals surface area contributed by atoms with E-state index < -0.39 is 11.0 Å². The molecule has 0 fully saturated rings. The Hall–Kier alpha value is -2.60. The van der Waals surface area contributed by atoms with Crippen molar-refractivity contribution in [3.63, 3.8) is 0 Å². The zero-order valence-electron chi connectivity index (χ0n) is 14.6. The van der Waals surface area contributed by atoms with Crippen LogP contribution in [0.1, 0.15) is 31.7 Å². The molecule has 0 radical (unpaired) electrons. The maximum atomic E-state index is 12.3. The Morgan fingerprint density at radius 3 is 2.58 bits per heavy atom. The standard InChI is InChI=1S/C19H21ClN2O4/c1-3-14(15-7-5-4-6-8-15)12-21-19(23)13(2)26-18-10-9-16(20)11-17(18)22(24)25/h4-11,13-14H,3,12H2,1-2H3,(H,21,23)/t13-,14-/m1/s1. The van der Waals surface area contributed by atoms with Crippen molar-refractivity contribution < 1.29 is 14.5 Å². The molecule has 0 heterocycles. The largest absolute Gasteiger partial charge is 0.474 e. The number of carbonyl (C=O) groups is 1. The van der Waals surface area contributed by atoms with Gasteiger partial charge in [-0.15, -0.1) is 0 Å². The third-order valence-electron chi connectivity index (χ3n) is 4.08. The summed E-state index contributed by atoms with van der Waals surface area (Å²) < 4.78 is 5.48. The maximum Gasteiger partial charge on any atom is 0.312 e. The number of nitrogens with zero attached hydrogens (tertiary/aromatic N) is 1. The number of ether oxygens (including phenoxy) is 1. The van der Waals surface area contributed by atoms with Crippen LogP contribution in [0.5, 0.6) is 5.75 Å². The van der Waals surface area contributed by atoms with Crippen LogP contribution in [0.15, 0.2) is 48.5 Å². The molecule has 0 aliphatic heterocycles. The first-order valence-corrected chi connectivity index (χ1v) is 8.73. The predicted molar refractivity (Wildman–Crippen MR) is 101 cm³/mol. The highest BCUT2D eigenvalue weighted by Crippen LogP contribution is 2.30. The van der Waals surface area contributed by atoms with E-state index in [9.17, 15) is 14.9 Å².